The number of amides is 1. The highest BCUT2D eigenvalue weighted by atomic mass is 16.5. The Kier molecular flexibility index (Phi) is 4.38. The molecule has 10 nitrogen and oxygen atoms in total. The van der Waals surface area contributed by atoms with Crippen LogP contribution >= 0.6 is 0 Å². The lowest BCUT2D eigenvalue weighted by Crippen LogP contribution is -2.32. The van der Waals surface area contributed by atoms with Crippen molar-refractivity contribution >= 4 is 22.9 Å². The molecule has 1 N–H and O–H groups in total. The van der Waals surface area contributed by atoms with Gasteiger partial charge in [-0.15, -0.1) is 5.10 Å². The van der Waals surface area contributed by atoms with Gasteiger partial charge in [0.15, 0.2) is 5.65 Å². The monoisotopic (exact) mass is 423 g/mol. The number of imidazole rings is 1. The number of carbonyl (C=O) groups excluding carboxylic acids is 1. The molecule has 1 amide bonds. The van der Waals surface area contributed by atoms with Gasteiger partial charge in [0.1, 0.15) is 5.69 Å². The quantitative estimate of drug-likeness (QED) is 0.598. The van der Waals surface area contributed by atoms with E-state index in [0.717, 1.165) is 18.8 Å². The third-order valence-electron chi connectivity index (χ3n) is 6.42. The van der Waals surface area contributed by atoms with E-state index in [0.29, 0.717) is 47.2 Å². The number of methoxy groups -OCH3 is 1. The first-order valence-electron chi connectivity index (χ1n) is 10.2. The molecule has 1 aliphatic carbocycles. The summed E-state index contributed by atoms with van der Waals surface area (Å²) in [5.74, 6) is 1.70. The van der Waals surface area contributed by atoms with Crippen molar-refractivity contribution in [3.05, 3.63) is 47.4 Å². The number of ether oxygens (including phenoxy) is 1. The fourth-order valence-corrected chi connectivity index (χ4v) is 4.79. The number of nitrogens with zero attached hydrogens (tertiary/aromatic N) is 6. The average Bonchev–Trinajstić information content (AvgIpc) is 3.16. The second kappa shape index (κ2) is 7.00. The number of carbonyl (C=O) groups is 1. The number of hydrogen-bond donors (Lipinski definition) is 1. The molecule has 4 heterocycles. The molecule has 0 bridgehead atoms. The van der Waals surface area contributed by atoms with E-state index < -0.39 is 0 Å². The number of aryl methyl sites for hydroxylation is 2. The fourth-order valence-electron chi connectivity index (χ4n) is 4.79. The highest BCUT2D eigenvalue weighted by Crippen LogP contribution is 2.52. The summed E-state index contributed by atoms with van der Waals surface area (Å²) in [7, 11) is 3.38. The van der Waals surface area contributed by atoms with Crippen LogP contribution in [-0.4, -0.2) is 54.7 Å². The number of fused-ring (bicyclic) bond motifs is 2. The number of rotatable bonds is 6. The molecular formula is C21H25N7O3. The van der Waals surface area contributed by atoms with Crippen LogP contribution in [-0.2, 0) is 18.4 Å². The van der Waals surface area contributed by atoms with Gasteiger partial charge in [-0.1, -0.05) is 6.58 Å². The molecule has 2 fully saturated rings. The maximum absolute atomic E-state index is 13.2. The molecule has 1 saturated carbocycles. The molecule has 2 aliphatic rings. The second-order valence-corrected chi connectivity index (χ2v) is 8.33. The van der Waals surface area contributed by atoms with Gasteiger partial charge in [0.05, 0.1) is 19.0 Å². The van der Waals surface area contributed by atoms with E-state index in [1.807, 2.05) is 31.3 Å². The van der Waals surface area contributed by atoms with Crippen LogP contribution in [0.15, 0.2) is 36.0 Å². The van der Waals surface area contributed by atoms with Crippen molar-refractivity contribution in [2.45, 2.75) is 13.5 Å². The van der Waals surface area contributed by atoms with E-state index in [2.05, 4.69) is 22.0 Å². The van der Waals surface area contributed by atoms with Crippen molar-refractivity contribution in [3.8, 4) is 5.88 Å². The number of likely N-dealkylation sites (tertiary alicyclic amines) is 1. The van der Waals surface area contributed by atoms with Gasteiger partial charge in [-0.05, 0) is 30.8 Å². The Bertz CT molecular complexity index is 1240. The molecule has 3 aromatic heterocycles. The van der Waals surface area contributed by atoms with Gasteiger partial charge in [0.25, 0.3) is 5.88 Å². The van der Waals surface area contributed by atoms with E-state index in [1.165, 1.54) is 6.08 Å². The van der Waals surface area contributed by atoms with Crippen molar-refractivity contribution in [2.24, 2.45) is 24.8 Å². The van der Waals surface area contributed by atoms with Crippen LogP contribution in [0.5, 0.6) is 5.88 Å². The van der Waals surface area contributed by atoms with Crippen LogP contribution in [0, 0.1) is 24.7 Å². The summed E-state index contributed by atoms with van der Waals surface area (Å²) >= 11 is 0. The minimum Gasteiger partial charge on any atom is -0.478 e. The molecule has 1 aliphatic heterocycles. The second-order valence-electron chi connectivity index (χ2n) is 8.33. The van der Waals surface area contributed by atoms with Gasteiger partial charge in [-0.3, -0.25) is 14.0 Å². The van der Waals surface area contributed by atoms with Crippen molar-refractivity contribution in [2.75, 3.05) is 25.5 Å². The Morgan fingerprint density at radius 1 is 1.32 bits per heavy atom. The predicted octanol–water partition coefficient (Wildman–Crippen LogP) is 1.18. The van der Waals surface area contributed by atoms with Crippen LogP contribution < -0.4 is 15.7 Å². The van der Waals surface area contributed by atoms with Crippen molar-refractivity contribution < 1.29 is 9.53 Å². The zero-order chi connectivity index (χ0) is 21.9. The van der Waals surface area contributed by atoms with Crippen LogP contribution in [0.2, 0.25) is 0 Å². The van der Waals surface area contributed by atoms with Gasteiger partial charge in [0, 0.05) is 44.8 Å². The average molecular weight is 423 g/mol. The first-order valence-corrected chi connectivity index (χ1v) is 10.2. The van der Waals surface area contributed by atoms with Gasteiger partial charge < -0.3 is 15.0 Å². The Morgan fingerprint density at radius 2 is 2.06 bits per heavy atom. The lowest BCUT2D eigenvalue weighted by Gasteiger charge is -2.19. The molecule has 3 aromatic rings. The van der Waals surface area contributed by atoms with Crippen molar-refractivity contribution in [1.29, 1.82) is 0 Å². The summed E-state index contributed by atoms with van der Waals surface area (Å²) in [5, 5.41) is 7.60. The SMILES string of the molecule is C=CC(=O)N1CC2C(C1)C2Cn1cc(Nc2cn(C)nc2OC)c2ncc(C)n2c1=O. The molecule has 10 heteroatoms. The lowest BCUT2D eigenvalue weighted by molar-refractivity contribution is -0.125. The first-order chi connectivity index (χ1) is 14.9. The van der Waals surface area contributed by atoms with E-state index in [1.54, 1.807) is 27.0 Å². The molecule has 162 valence electrons. The van der Waals surface area contributed by atoms with E-state index in [4.69, 9.17) is 4.74 Å². The van der Waals surface area contributed by atoms with Gasteiger partial charge in [-0.25, -0.2) is 14.2 Å². The van der Waals surface area contributed by atoms with Gasteiger partial charge in [0.2, 0.25) is 5.91 Å². The van der Waals surface area contributed by atoms with E-state index in [9.17, 15) is 9.59 Å². The maximum Gasteiger partial charge on any atom is 0.334 e. The Labute approximate surface area is 178 Å². The molecule has 0 aromatic carbocycles. The molecule has 0 radical (unpaired) electrons. The number of hydrogen-bond acceptors (Lipinski definition) is 6. The van der Waals surface area contributed by atoms with Gasteiger partial charge in [-0.2, -0.15) is 0 Å². The summed E-state index contributed by atoms with van der Waals surface area (Å²) in [6.07, 6.45) is 6.69. The number of nitrogens with one attached hydrogen (secondary N) is 1. The maximum atomic E-state index is 13.2. The molecule has 2 atom stereocenters. The van der Waals surface area contributed by atoms with E-state index >= 15 is 0 Å². The molecule has 1 saturated heterocycles. The summed E-state index contributed by atoms with van der Waals surface area (Å²) < 4.78 is 10.4. The minimum absolute atomic E-state index is 0.0181. The van der Waals surface area contributed by atoms with Crippen LogP contribution in [0.3, 0.4) is 0 Å². The third-order valence-corrected chi connectivity index (χ3v) is 6.42. The smallest absolute Gasteiger partial charge is 0.334 e. The number of anilines is 2. The lowest BCUT2D eigenvalue weighted by atomic mass is 10.2. The van der Waals surface area contributed by atoms with Crippen LogP contribution in [0.1, 0.15) is 5.69 Å². The van der Waals surface area contributed by atoms with Crippen LogP contribution in [0.4, 0.5) is 11.4 Å². The largest absolute Gasteiger partial charge is 0.478 e. The predicted molar refractivity (Wildman–Crippen MR) is 114 cm³/mol. The Hall–Kier alpha value is -3.56. The highest BCUT2D eigenvalue weighted by Gasteiger charge is 2.56. The molecular weight excluding hydrogens is 398 g/mol. The summed E-state index contributed by atoms with van der Waals surface area (Å²) in [4.78, 5) is 31.3. The molecule has 0 spiro atoms. The zero-order valence-electron chi connectivity index (χ0n) is 17.8. The van der Waals surface area contributed by atoms with Crippen LogP contribution in [0.25, 0.3) is 5.65 Å². The summed E-state index contributed by atoms with van der Waals surface area (Å²) in [5.41, 5.74) is 2.61. The van der Waals surface area contributed by atoms with Crippen molar-refractivity contribution in [3.63, 3.8) is 0 Å². The Morgan fingerprint density at radius 3 is 2.74 bits per heavy atom. The third kappa shape index (κ3) is 3.09. The van der Waals surface area contributed by atoms with E-state index in [-0.39, 0.29) is 11.6 Å². The summed E-state index contributed by atoms with van der Waals surface area (Å²) in [6, 6.07) is 0. The molecule has 31 heavy (non-hydrogen) atoms. The molecule has 5 rings (SSSR count). The fraction of sp³-hybridized carbons (Fsp3) is 0.429. The minimum atomic E-state index is -0.113. The number of piperidine rings is 1. The molecule has 2 unspecified atom stereocenters. The zero-order valence-corrected chi connectivity index (χ0v) is 17.8. The van der Waals surface area contributed by atoms with Crippen molar-refractivity contribution in [1.82, 2.24) is 28.6 Å². The first kappa shape index (κ1) is 19.4. The number of aromatic nitrogens is 5. The standard InChI is InChI=1S/C21H25N7O3/c1-5-18(29)26-7-13-14(8-26)15(13)9-27-11-16(19-22-6-12(2)28(19)21(27)30)23-17-10-25(3)24-20(17)31-4/h5-6,10-11,13-15,23H,1,7-9H2,2-4H3. The topological polar surface area (TPSA) is 98.7 Å². The van der Waals surface area contributed by atoms with Gasteiger partial charge >= 0.3 is 5.69 Å². The highest BCUT2D eigenvalue weighted by molar-refractivity contribution is 5.87. The Balaban J connectivity index is 1.45. The normalized spacial score (nSPS) is 21.9. The summed E-state index contributed by atoms with van der Waals surface area (Å²) in [6.45, 7) is 7.51.